The Morgan fingerprint density at radius 2 is 1.78 bits per heavy atom. The molecule has 0 saturated carbocycles. The second-order valence-corrected chi connectivity index (χ2v) is 5.55. The fourth-order valence-corrected chi connectivity index (χ4v) is 2.37. The van der Waals surface area contributed by atoms with Crippen molar-refractivity contribution in [2.24, 2.45) is 0 Å². The van der Waals surface area contributed by atoms with Gasteiger partial charge in [0.2, 0.25) is 0 Å². The van der Waals surface area contributed by atoms with Crippen molar-refractivity contribution in [2.75, 3.05) is 5.32 Å². The zero-order valence-corrected chi connectivity index (χ0v) is 14.1. The third-order valence-electron chi connectivity index (χ3n) is 3.63. The van der Waals surface area contributed by atoms with Gasteiger partial charge in [-0.3, -0.25) is 15.1 Å². The van der Waals surface area contributed by atoms with Gasteiger partial charge in [0.1, 0.15) is 11.5 Å². The summed E-state index contributed by atoms with van der Waals surface area (Å²) in [6.45, 7) is 0. The summed E-state index contributed by atoms with van der Waals surface area (Å²) in [4.78, 5) is 16.5. The summed E-state index contributed by atoms with van der Waals surface area (Å²) in [5, 5.41) is 10.3. The zero-order chi connectivity index (χ0) is 18.5. The van der Waals surface area contributed by atoms with Gasteiger partial charge in [-0.25, -0.2) is 0 Å². The zero-order valence-electron chi connectivity index (χ0n) is 14.1. The smallest absolute Gasteiger partial charge is 0.322 e. The van der Waals surface area contributed by atoms with Gasteiger partial charge in [-0.1, -0.05) is 29.4 Å². The average molecular weight is 358 g/mol. The van der Waals surface area contributed by atoms with Crippen LogP contribution in [0.1, 0.15) is 10.4 Å². The molecule has 0 radical (unpaired) electrons. The summed E-state index contributed by atoms with van der Waals surface area (Å²) in [6.07, 6.45) is 3.25. The van der Waals surface area contributed by atoms with Gasteiger partial charge in [-0.05, 0) is 42.5 Å². The molecule has 2 heterocycles. The van der Waals surface area contributed by atoms with Gasteiger partial charge >= 0.3 is 6.01 Å². The third-order valence-corrected chi connectivity index (χ3v) is 3.63. The Balaban J connectivity index is 1.47. The van der Waals surface area contributed by atoms with Crippen molar-refractivity contribution in [3.8, 4) is 23.0 Å². The molecule has 0 aliphatic rings. The monoisotopic (exact) mass is 358 g/mol. The Hall–Kier alpha value is -4.00. The third kappa shape index (κ3) is 3.98. The molecule has 1 N–H and O–H groups in total. The van der Waals surface area contributed by atoms with Gasteiger partial charge in [0.05, 0.1) is 5.56 Å². The number of aromatic nitrogens is 3. The van der Waals surface area contributed by atoms with Gasteiger partial charge in [0.25, 0.3) is 11.8 Å². The second-order valence-electron chi connectivity index (χ2n) is 5.55. The summed E-state index contributed by atoms with van der Waals surface area (Å²) < 4.78 is 11.2. The van der Waals surface area contributed by atoms with E-state index in [0.29, 0.717) is 22.6 Å². The maximum absolute atomic E-state index is 12.5. The summed E-state index contributed by atoms with van der Waals surface area (Å²) in [5.74, 6) is 1.14. The number of benzene rings is 2. The summed E-state index contributed by atoms with van der Waals surface area (Å²) in [5.41, 5.74) is 1.08. The van der Waals surface area contributed by atoms with E-state index in [1.54, 1.807) is 48.8 Å². The van der Waals surface area contributed by atoms with Gasteiger partial charge in [0, 0.05) is 18.0 Å². The summed E-state index contributed by atoms with van der Waals surface area (Å²) >= 11 is 0. The van der Waals surface area contributed by atoms with Gasteiger partial charge < -0.3 is 9.15 Å². The topological polar surface area (TPSA) is 90.1 Å². The lowest BCUT2D eigenvalue weighted by atomic mass is 10.2. The number of carbonyl (C=O) groups excluding carboxylic acids is 1. The number of hydrogen-bond donors (Lipinski definition) is 1. The van der Waals surface area contributed by atoms with Crippen molar-refractivity contribution in [3.05, 3.63) is 84.7 Å². The van der Waals surface area contributed by atoms with Crippen LogP contribution in [0.4, 0.5) is 6.01 Å². The molecule has 0 spiro atoms. The molecular weight excluding hydrogens is 344 g/mol. The van der Waals surface area contributed by atoms with Crippen LogP contribution in [0.15, 0.2) is 83.5 Å². The number of nitrogens with one attached hydrogen (secondary N) is 1. The van der Waals surface area contributed by atoms with Crippen molar-refractivity contribution in [2.45, 2.75) is 0 Å². The van der Waals surface area contributed by atoms with Crippen LogP contribution in [-0.4, -0.2) is 21.1 Å². The number of nitrogens with zero attached hydrogens (tertiary/aromatic N) is 3. The first-order valence-electron chi connectivity index (χ1n) is 8.16. The SMILES string of the molecule is O=C(Nc1nnc(-c2cccnc2)o1)c1cccc(Oc2ccccc2)c1. The van der Waals surface area contributed by atoms with Crippen molar-refractivity contribution >= 4 is 11.9 Å². The van der Waals surface area contributed by atoms with Crippen LogP contribution in [0, 0.1) is 0 Å². The summed E-state index contributed by atoms with van der Waals surface area (Å²) in [7, 11) is 0. The molecule has 0 aliphatic carbocycles. The molecule has 7 heteroatoms. The van der Waals surface area contributed by atoms with E-state index in [-0.39, 0.29) is 17.8 Å². The lowest BCUT2D eigenvalue weighted by Crippen LogP contribution is -2.12. The van der Waals surface area contributed by atoms with Crippen LogP contribution in [-0.2, 0) is 0 Å². The predicted molar refractivity (Wildman–Crippen MR) is 98.4 cm³/mol. The molecule has 27 heavy (non-hydrogen) atoms. The highest BCUT2D eigenvalue weighted by Crippen LogP contribution is 2.23. The van der Waals surface area contributed by atoms with Crippen LogP contribution < -0.4 is 10.1 Å². The molecule has 0 bridgehead atoms. The molecular formula is C20H14N4O3. The number of anilines is 1. The van der Waals surface area contributed by atoms with Crippen molar-refractivity contribution in [1.29, 1.82) is 0 Å². The molecule has 7 nitrogen and oxygen atoms in total. The van der Waals surface area contributed by atoms with E-state index in [1.165, 1.54) is 0 Å². The average Bonchev–Trinajstić information content (AvgIpc) is 3.18. The molecule has 4 rings (SSSR count). The lowest BCUT2D eigenvalue weighted by molar-refractivity contribution is 0.102. The molecule has 1 amide bonds. The molecule has 2 aromatic carbocycles. The quantitative estimate of drug-likeness (QED) is 0.576. The molecule has 0 unspecified atom stereocenters. The highest BCUT2D eigenvalue weighted by atomic mass is 16.5. The molecule has 0 saturated heterocycles. The minimum atomic E-state index is -0.380. The molecule has 2 aromatic heterocycles. The van der Waals surface area contributed by atoms with E-state index in [4.69, 9.17) is 9.15 Å². The maximum Gasteiger partial charge on any atom is 0.322 e. The first kappa shape index (κ1) is 16.5. The Bertz CT molecular complexity index is 1050. The molecule has 132 valence electrons. The van der Waals surface area contributed by atoms with E-state index in [2.05, 4.69) is 20.5 Å². The van der Waals surface area contributed by atoms with E-state index in [1.807, 2.05) is 30.3 Å². The predicted octanol–water partition coefficient (Wildman–Crippen LogP) is 4.18. The second kappa shape index (κ2) is 7.49. The Morgan fingerprint density at radius 3 is 2.59 bits per heavy atom. The molecule has 0 fully saturated rings. The van der Waals surface area contributed by atoms with Crippen molar-refractivity contribution < 1.29 is 13.9 Å². The first-order valence-corrected chi connectivity index (χ1v) is 8.16. The summed E-state index contributed by atoms with van der Waals surface area (Å²) in [6, 6.07) is 19.7. The van der Waals surface area contributed by atoms with Crippen molar-refractivity contribution in [3.63, 3.8) is 0 Å². The number of pyridine rings is 1. The van der Waals surface area contributed by atoms with E-state index >= 15 is 0 Å². The van der Waals surface area contributed by atoms with Crippen LogP contribution in [0.2, 0.25) is 0 Å². The van der Waals surface area contributed by atoms with Gasteiger partial charge in [-0.15, -0.1) is 5.10 Å². The van der Waals surface area contributed by atoms with E-state index < -0.39 is 0 Å². The fraction of sp³-hybridized carbons (Fsp3) is 0. The van der Waals surface area contributed by atoms with Crippen LogP contribution in [0.25, 0.3) is 11.5 Å². The van der Waals surface area contributed by atoms with E-state index in [9.17, 15) is 4.79 Å². The largest absolute Gasteiger partial charge is 0.457 e. The van der Waals surface area contributed by atoms with Crippen molar-refractivity contribution in [1.82, 2.24) is 15.2 Å². The fourth-order valence-electron chi connectivity index (χ4n) is 2.37. The number of hydrogen-bond acceptors (Lipinski definition) is 6. The highest BCUT2D eigenvalue weighted by Gasteiger charge is 2.13. The van der Waals surface area contributed by atoms with Crippen LogP contribution in [0.3, 0.4) is 0 Å². The number of carbonyl (C=O) groups is 1. The number of rotatable bonds is 5. The van der Waals surface area contributed by atoms with Gasteiger partial charge in [0.15, 0.2) is 0 Å². The Morgan fingerprint density at radius 1 is 0.926 bits per heavy atom. The minimum Gasteiger partial charge on any atom is -0.457 e. The minimum absolute atomic E-state index is 0.00762. The number of amides is 1. The van der Waals surface area contributed by atoms with Gasteiger partial charge in [-0.2, -0.15) is 0 Å². The maximum atomic E-state index is 12.5. The van der Waals surface area contributed by atoms with Crippen LogP contribution in [0.5, 0.6) is 11.5 Å². The Kier molecular flexibility index (Phi) is 4.57. The lowest BCUT2D eigenvalue weighted by Gasteiger charge is -2.07. The number of ether oxygens (including phenoxy) is 1. The normalized spacial score (nSPS) is 10.4. The van der Waals surface area contributed by atoms with E-state index in [0.717, 1.165) is 0 Å². The Labute approximate surface area is 154 Å². The molecule has 0 atom stereocenters. The number of para-hydroxylation sites is 1. The van der Waals surface area contributed by atoms with Crippen LogP contribution >= 0.6 is 0 Å². The standard InChI is InChI=1S/C20H14N4O3/c25-18(22-20-24-23-19(27-20)15-7-5-11-21-13-15)14-6-4-10-17(12-14)26-16-8-2-1-3-9-16/h1-13H,(H,22,24,25). The first-order chi connectivity index (χ1) is 13.3. The highest BCUT2D eigenvalue weighted by molar-refractivity contribution is 6.03. The molecule has 0 aliphatic heterocycles. The molecule has 4 aromatic rings.